The molecule has 3 aromatic rings. The van der Waals surface area contributed by atoms with Crippen molar-refractivity contribution in [2.45, 2.75) is 33.2 Å². The SMILES string of the molecule is Cc1nc2sc([C@@H](c3cccc(Cl)c3)[NH+]3C[C@@H](C)C[C@H](C)C3)c(O)n2n1. The van der Waals surface area contributed by atoms with E-state index in [0.29, 0.717) is 17.7 Å². The average molecular weight is 392 g/mol. The van der Waals surface area contributed by atoms with E-state index in [4.69, 9.17) is 11.6 Å². The first-order chi connectivity index (χ1) is 12.4. The summed E-state index contributed by atoms with van der Waals surface area (Å²) in [4.78, 5) is 7.56. The van der Waals surface area contributed by atoms with Crippen LogP contribution in [0.3, 0.4) is 0 Å². The van der Waals surface area contributed by atoms with Crippen LogP contribution in [-0.2, 0) is 0 Å². The molecule has 0 radical (unpaired) electrons. The molecule has 138 valence electrons. The molecule has 3 heterocycles. The summed E-state index contributed by atoms with van der Waals surface area (Å²) in [5.74, 6) is 2.18. The number of nitrogens with one attached hydrogen (secondary N) is 1. The number of piperidine rings is 1. The normalized spacial score (nSPS) is 24.8. The highest BCUT2D eigenvalue weighted by molar-refractivity contribution is 7.17. The Kier molecular flexibility index (Phi) is 4.67. The fourth-order valence-corrected chi connectivity index (χ4v) is 5.75. The molecule has 1 saturated heterocycles. The Labute approximate surface area is 162 Å². The number of hydrogen-bond acceptors (Lipinski definition) is 4. The Hall–Kier alpha value is -1.63. The molecule has 1 fully saturated rings. The molecule has 0 amide bonds. The molecule has 0 aliphatic carbocycles. The summed E-state index contributed by atoms with van der Waals surface area (Å²) in [7, 11) is 0. The number of halogens is 1. The second-order valence-corrected chi connectivity index (χ2v) is 9.09. The third-order valence-electron chi connectivity index (χ3n) is 5.18. The number of hydrogen-bond donors (Lipinski definition) is 2. The van der Waals surface area contributed by atoms with Crippen molar-refractivity contribution in [1.29, 1.82) is 0 Å². The maximum absolute atomic E-state index is 10.9. The minimum Gasteiger partial charge on any atom is -0.492 e. The number of thiazole rings is 1. The second kappa shape index (κ2) is 6.83. The van der Waals surface area contributed by atoms with Gasteiger partial charge in [0.1, 0.15) is 10.7 Å². The number of aryl methyl sites for hydroxylation is 1. The van der Waals surface area contributed by atoms with Gasteiger partial charge in [0.2, 0.25) is 10.8 Å². The van der Waals surface area contributed by atoms with Gasteiger partial charge >= 0.3 is 0 Å². The van der Waals surface area contributed by atoms with Gasteiger partial charge in [0.25, 0.3) is 0 Å². The van der Waals surface area contributed by atoms with E-state index in [2.05, 4.69) is 30.0 Å². The molecule has 0 saturated carbocycles. The van der Waals surface area contributed by atoms with Crippen molar-refractivity contribution < 1.29 is 10.0 Å². The number of rotatable bonds is 3. The molecular weight excluding hydrogens is 368 g/mol. The predicted molar refractivity (Wildman–Crippen MR) is 104 cm³/mol. The predicted octanol–water partition coefficient (Wildman–Crippen LogP) is 3.11. The lowest BCUT2D eigenvalue weighted by Gasteiger charge is -2.37. The van der Waals surface area contributed by atoms with Crippen LogP contribution in [0.5, 0.6) is 5.88 Å². The fraction of sp³-hybridized carbons (Fsp3) is 0.474. The Morgan fingerprint density at radius 3 is 2.69 bits per heavy atom. The zero-order valence-corrected chi connectivity index (χ0v) is 16.8. The van der Waals surface area contributed by atoms with Gasteiger partial charge in [0, 0.05) is 22.4 Å². The Balaban J connectivity index is 1.84. The summed E-state index contributed by atoms with van der Waals surface area (Å²) in [6.45, 7) is 8.63. The number of aromatic hydroxyl groups is 1. The van der Waals surface area contributed by atoms with Crippen molar-refractivity contribution in [1.82, 2.24) is 14.6 Å². The largest absolute Gasteiger partial charge is 0.492 e. The first-order valence-electron chi connectivity index (χ1n) is 9.07. The third kappa shape index (κ3) is 3.21. The maximum Gasteiger partial charge on any atom is 0.235 e. The second-order valence-electron chi connectivity index (χ2n) is 7.64. The topological polar surface area (TPSA) is 54.9 Å². The van der Waals surface area contributed by atoms with Crippen molar-refractivity contribution in [3.05, 3.63) is 45.6 Å². The van der Waals surface area contributed by atoms with Crippen LogP contribution in [0.4, 0.5) is 0 Å². The lowest BCUT2D eigenvalue weighted by atomic mass is 9.89. The van der Waals surface area contributed by atoms with Gasteiger partial charge in [-0.05, 0) is 25.5 Å². The monoisotopic (exact) mass is 391 g/mol. The Morgan fingerprint density at radius 1 is 1.31 bits per heavy atom. The number of fused-ring (bicyclic) bond motifs is 1. The van der Waals surface area contributed by atoms with Gasteiger partial charge in [-0.2, -0.15) is 4.52 Å². The molecule has 1 aliphatic heterocycles. The number of likely N-dealkylation sites (tertiary alicyclic amines) is 1. The fourth-order valence-electron chi connectivity index (χ4n) is 4.36. The summed E-state index contributed by atoms with van der Waals surface area (Å²) >= 11 is 7.82. The van der Waals surface area contributed by atoms with E-state index in [1.807, 2.05) is 25.1 Å². The molecule has 5 nitrogen and oxygen atoms in total. The van der Waals surface area contributed by atoms with Gasteiger partial charge in [-0.25, -0.2) is 4.98 Å². The van der Waals surface area contributed by atoms with Crippen LogP contribution >= 0.6 is 22.9 Å². The minimum atomic E-state index is 0.0349. The molecule has 1 aliphatic rings. The van der Waals surface area contributed by atoms with Gasteiger partial charge in [-0.15, -0.1) is 5.10 Å². The first kappa shape index (κ1) is 17.8. The first-order valence-corrected chi connectivity index (χ1v) is 10.3. The van der Waals surface area contributed by atoms with E-state index in [9.17, 15) is 5.11 Å². The lowest BCUT2D eigenvalue weighted by Crippen LogP contribution is -3.14. The lowest BCUT2D eigenvalue weighted by molar-refractivity contribution is -0.936. The van der Waals surface area contributed by atoms with E-state index in [-0.39, 0.29) is 11.9 Å². The van der Waals surface area contributed by atoms with Gasteiger partial charge in [-0.3, -0.25) is 0 Å². The van der Waals surface area contributed by atoms with Crippen molar-refractivity contribution in [3.63, 3.8) is 0 Å². The molecule has 0 unspecified atom stereocenters. The molecule has 26 heavy (non-hydrogen) atoms. The number of nitrogens with zero attached hydrogens (tertiary/aromatic N) is 3. The van der Waals surface area contributed by atoms with Crippen LogP contribution in [0.1, 0.15) is 42.6 Å². The molecule has 2 aromatic heterocycles. The van der Waals surface area contributed by atoms with Gasteiger partial charge in [0.05, 0.1) is 13.1 Å². The summed E-state index contributed by atoms with van der Waals surface area (Å²) in [5, 5.41) is 15.9. The molecule has 1 aromatic carbocycles. The van der Waals surface area contributed by atoms with Gasteiger partial charge in [0.15, 0.2) is 6.04 Å². The molecule has 0 spiro atoms. The van der Waals surface area contributed by atoms with Crippen molar-refractivity contribution in [2.75, 3.05) is 13.1 Å². The maximum atomic E-state index is 10.9. The van der Waals surface area contributed by atoms with Crippen LogP contribution < -0.4 is 4.90 Å². The number of benzene rings is 1. The Morgan fingerprint density at radius 2 is 2.04 bits per heavy atom. The summed E-state index contributed by atoms with van der Waals surface area (Å²) in [6, 6.07) is 8.04. The highest BCUT2D eigenvalue weighted by Gasteiger charge is 2.37. The standard InChI is InChI=1S/C19H23ClN4OS/c1-11-7-12(2)10-23(9-11)16(14-5-4-6-15(20)8-14)17-18(25)24-19(26-17)21-13(3)22-24/h4-6,8,11-12,16,25H,7,9-10H2,1-3H3/p+1/t11-,12-,16+/m0/s1. The van der Waals surface area contributed by atoms with Crippen LogP contribution in [0.15, 0.2) is 24.3 Å². The minimum absolute atomic E-state index is 0.0349. The summed E-state index contributed by atoms with van der Waals surface area (Å²) < 4.78 is 1.56. The van der Waals surface area contributed by atoms with Gasteiger partial charge < -0.3 is 10.0 Å². The highest BCUT2D eigenvalue weighted by atomic mass is 35.5. The van der Waals surface area contributed by atoms with Gasteiger partial charge in [-0.1, -0.05) is 48.9 Å². The van der Waals surface area contributed by atoms with Crippen LogP contribution in [0, 0.1) is 18.8 Å². The quantitative estimate of drug-likeness (QED) is 0.721. The zero-order chi connectivity index (χ0) is 18.4. The van der Waals surface area contributed by atoms with E-state index in [1.54, 1.807) is 4.52 Å². The van der Waals surface area contributed by atoms with Crippen LogP contribution in [-0.4, -0.2) is 32.8 Å². The van der Waals surface area contributed by atoms with Crippen LogP contribution in [0.25, 0.3) is 4.96 Å². The van der Waals surface area contributed by atoms with E-state index in [0.717, 1.165) is 33.5 Å². The summed E-state index contributed by atoms with van der Waals surface area (Å²) in [6.07, 6.45) is 1.26. The third-order valence-corrected chi connectivity index (χ3v) is 6.50. The molecule has 7 heteroatoms. The van der Waals surface area contributed by atoms with Crippen molar-refractivity contribution in [2.24, 2.45) is 11.8 Å². The molecule has 4 rings (SSSR count). The Bertz CT molecular complexity index is 927. The molecular formula is C19H24ClN4OS+. The molecule has 0 bridgehead atoms. The van der Waals surface area contributed by atoms with Crippen LogP contribution in [0.2, 0.25) is 5.02 Å². The van der Waals surface area contributed by atoms with Crippen molar-refractivity contribution in [3.8, 4) is 5.88 Å². The smallest absolute Gasteiger partial charge is 0.235 e. The zero-order valence-electron chi connectivity index (χ0n) is 15.2. The van der Waals surface area contributed by atoms with E-state index in [1.165, 1.54) is 22.7 Å². The molecule has 2 N–H and O–H groups in total. The van der Waals surface area contributed by atoms with E-state index >= 15 is 0 Å². The van der Waals surface area contributed by atoms with E-state index < -0.39 is 0 Å². The number of aromatic nitrogens is 3. The highest BCUT2D eigenvalue weighted by Crippen LogP contribution is 2.36. The average Bonchev–Trinajstić information content (AvgIpc) is 3.05. The summed E-state index contributed by atoms with van der Waals surface area (Å²) in [5.41, 5.74) is 1.13. The number of quaternary nitrogens is 1. The molecule has 3 atom stereocenters. The van der Waals surface area contributed by atoms with Crippen molar-refractivity contribution >= 4 is 27.9 Å².